The van der Waals surface area contributed by atoms with E-state index in [1.54, 1.807) is 48.5 Å². The molecule has 0 fully saturated rings. The Bertz CT molecular complexity index is 944. The molecule has 0 aliphatic rings. The van der Waals surface area contributed by atoms with Crippen LogP contribution in [0.25, 0.3) is 0 Å². The van der Waals surface area contributed by atoms with Crippen LogP contribution in [0.5, 0.6) is 0 Å². The van der Waals surface area contributed by atoms with Gasteiger partial charge in [-0.3, -0.25) is 9.59 Å². The molecule has 0 heterocycles. The maximum atomic E-state index is 13.7. The molecule has 130 valence electrons. The minimum absolute atomic E-state index is 0.00366. The first-order valence-corrected chi connectivity index (χ1v) is 8.13. The lowest BCUT2D eigenvalue weighted by molar-refractivity contribution is 0.101. The molecule has 3 aromatic carbocycles. The summed E-state index contributed by atoms with van der Waals surface area (Å²) in [6, 6.07) is 19.0. The van der Waals surface area contributed by atoms with Crippen LogP contribution in [0, 0.1) is 5.82 Å². The van der Waals surface area contributed by atoms with Gasteiger partial charge in [0, 0.05) is 21.8 Å². The van der Waals surface area contributed by atoms with Gasteiger partial charge in [-0.1, -0.05) is 29.8 Å². The summed E-state index contributed by atoms with van der Waals surface area (Å²) >= 11 is 5.81. The van der Waals surface area contributed by atoms with Crippen molar-refractivity contribution >= 4 is 34.8 Å². The van der Waals surface area contributed by atoms with E-state index in [0.717, 1.165) is 0 Å². The first-order chi connectivity index (χ1) is 12.5. The number of anilines is 2. The van der Waals surface area contributed by atoms with Crippen molar-refractivity contribution < 1.29 is 14.0 Å². The zero-order valence-electron chi connectivity index (χ0n) is 13.5. The van der Waals surface area contributed by atoms with Crippen LogP contribution in [0.1, 0.15) is 20.7 Å². The van der Waals surface area contributed by atoms with Crippen LogP contribution in [-0.4, -0.2) is 11.8 Å². The summed E-state index contributed by atoms with van der Waals surface area (Å²) in [5.74, 6) is -1.30. The topological polar surface area (TPSA) is 58.2 Å². The van der Waals surface area contributed by atoms with Gasteiger partial charge in [-0.2, -0.15) is 0 Å². The standard InChI is InChI=1S/C20H14ClFN2O2/c21-15-8-11-17(22)18(12-15)24-20(26)14-6-9-16(10-7-14)23-19(25)13-4-2-1-3-5-13/h1-12H,(H,23,25)(H,24,26). The van der Waals surface area contributed by atoms with Crippen LogP contribution in [-0.2, 0) is 0 Å². The van der Waals surface area contributed by atoms with E-state index >= 15 is 0 Å². The second kappa shape index (κ2) is 7.80. The largest absolute Gasteiger partial charge is 0.322 e. The molecule has 0 unspecified atom stereocenters. The van der Waals surface area contributed by atoms with E-state index in [4.69, 9.17) is 11.6 Å². The summed E-state index contributed by atoms with van der Waals surface area (Å²) in [6.45, 7) is 0. The molecule has 0 atom stereocenters. The Morgan fingerprint density at radius 2 is 1.38 bits per heavy atom. The second-order valence-corrected chi connectivity index (χ2v) is 5.91. The molecule has 3 rings (SSSR count). The second-order valence-electron chi connectivity index (χ2n) is 5.48. The van der Waals surface area contributed by atoms with Crippen molar-refractivity contribution in [3.8, 4) is 0 Å². The normalized spacial score (nSPS) is 10.2. The van der Waals surface area contributed by atoms with Gasteiger partial charge in [-0.05, 0) is 54.6 Å². The molecule has 0 aromatic heterocycles. The van der Waals surface area contributed by atoms with Gasteiger partial charge in [0.2, 0.25) is 0 Å². The molecule has 26 heavy (non-hydrogen) atoms. The lowest BCUT2D eigenvalue weighted by Gasteiger charge is -2.08. The number of rotatable bonds is 4. The van der Waals surface area contributed by atoms with Crippen molar-refractivity contribution in [3.05, 3.63) is 94.8 Å². The summed E-state index contributed by atoms with van der Waals surface area (Å²) in [7, 11) is 0. The number of hydrogen-bond donors (Lipinski definition) is 2. The third kappa shape index (κ3) is 4.26. The molecular formula is C20H14ClFN2O2. The number of carbonyl (C=O) groups is 2. The van der Waals surface area contributed by atoms with Gasteiger partial charge in [0.25, 0.3) is 11.8 Å². The number of amides is 2. The molecule has 0 saturated carbocycles. The summed E-state index contributed by atoms with van der Waals surface area (Å²) < 4.78 is 13.7. The van der Waals surface area contributed by atoms with Gasteiger partial charge in [0.1, 0.15) is 5.82 Å². The summed E-state index contributed by atoms with van der Waals surface area (Å²) in [5.41, 5.74) is 1.40. The summed E-state index contributed by atoms with van der Waals surface area (Å²) in [5, 5.41) is 5.53. The predicted octanol–water partition coefficient (Wildman–Crippen LogP) is 4.98. The van der Waals surface area contributed by atoms with Crippen LogP contribution in [0.15, 0.2) is 72.8 Å². The van der Waals surface area contributed by atoms with Crippen LogP contribution >= 0.6 is 11.6 Å². The molecule has 2 amide bonds. The lowest BCUT2D eigenvalue weighted by atomic mass is 10.1. The Balaban J connectivity index is 1.68. The lowest BCUT2D eigenvalue weighted by Crippen LogP contribution is -2.14. The van der Waals surface area contributed by atoms with E-state index < -0.39 is 11.7 Å². The Hall–Kier alpha value is -3.18. The Labute approximate surface area is 154 Å². The highest BCUT2D eigenvalue weighted by Gasteiger charge is 2.11. The molecule has 0 bridgehead atoms. The van der Waals surface area contributed by atoms with E-state index in [1.165, 1.54) is 18.2 Å². The highest BCUT2D eigenvalue weighted by molar-refractivity contribution is 6.31. The third-order valence-corrected chi connectivity index (χ3v) is 3.85. The van der Waals surface area contributed by atoms with Crippen LogP contribution < -0.4 is 10.6 Å². The molecule has 0 radical (unpaired) electrons. The fraction of sp³-hybridized carbons (Fsp3) is 0. The van der Waals surface area contributed by atoms with Crippen molar-refractivity contribution in [1.29, 1.82) is 0 Å². The predicted molar refractivity (Wildman–Crippen MR) is 100 cm³/mol. The molecular weight excluding hydrogens is 355 g/mol. The molecule has 0 aliphatic heterocycles. The molecule has 2 N–H and O–H groups in total. The first-order valence-electron chi connectivity index (χ1n) is 7.76. The Kier molecular flexibility index (Phi) is 5.29. The Morgan fingerprint density at radius 1 is 0.769 bits per heavy atom. The van der Waals surface area contributed by atoms with E-state index in [1.807, 2.05) is 6.07 Å². The Morgan fingerprint density at radius 3 is 2.08 bits per heavy atom. The zero-order chi connectivity index (χ0) is 18.5. The van der Waals surface area contributed by atoms with Crippen LogP contribution in [0.3, 0.4) is 0 Å². The fourth-order valence-corrected chi connectivity index (χ4v) is 2.46. The van der Waals surface area contributed by atoms with Gasteiger partial charge in [-0.25, -0.2) is 4.39 Å². The zero-order valence-corrected chi connectivity index (χ0v) is 14.3. The molecule has 0 saturated heterocycles. The van der Waals surface area contributed by atoms with Crippen molar-refractivity contribution in [1.82, 2.24) is 0 Å². The van der Waals surface area contributed by atoms with Crippen molar-refractivity contribution in [2.45, 2.75) is 0 Å². The number of nitrogens with one attached hydrogen (secondary N) is 2. The molecule has 0 spiro atoms. The maximum absolute atomic E-state index is 13.7. The quantitative estimate of drug-likeness (QED) is 0.682. The van der Waals surface area contributed by atoms with Gasteiger partial charge >= 0.3 is 0 Å². The average Bonchev–Trinajstić information content (AvgIpc) is 2.66. The van der Waals surface area contributed by atoms with E-state index in [9.17, 15) is 14.0 Å². The van der Waals surface area contributed by atoms with Crippen molar-refractivity contribution in [2.24, 2.45) is 0 Å². The molecule has 0 aliphatic carbocycles. The summed E-state index contributed by atoms with van der Waals surface area (Å²) in [4.78, 5) is 24.3. The van der Waals surface area contributed by atoms with E-state index in [2.05, 4.69) is 10.6 Å². The summed E-state index contributed by atoms with van der Waals surface area (Å²) in [6.07, 6.45) is 0. The minimum atomic E-state index is -0.575. The smallest absolute Gasteiger partial charge is 0.255 e. The maximum Gasteiger partial charge on any atom is 0.255 e. The van der Waals surface area contributed by atoms with Gasteiger partial charge in [0.05, 0.1) is 5.69 Å². The molecule has 6 heteroatoms. The number of carbonyl (C=O) groups excluding carboxylic acids is 2. The minimum Gasteiger partial charge on any atom is -0.322 e. The molecule has 3 aromatic rings. The number of hydrogen-bond acceptors (Lipinski definition) is 2. The highest BCUT2D eigenvalue weighted by atomic mass is 35.5. The molecule has 4 nitrogen and oxygen atoms in total. The average molecular weight is 369 g/mol. The van der Waals surface area contributed by atoms with Gasteiger partial charge in [0.15, 0.2) is 0 Å². The van der Waals surface area contributed by atoms with Crippen molar-refractivity contribution in [3.63, 3.8) is 0 Å². The van der Waals surface area contributed by atoms with E-state index in [0.29, 0.717) is 21.8 Å². The van der Waals surface area contributed by atoms with E-state index in [-0.39, 0.29) is 11.6 Å². The third-order valence-electron chi connectivity index (χ3n) is 3.62. The SMILES string of the molecule is O=C(Nc1ccc(C(=O)Nc2cc(Cl)ccc2F)cc1)c1ccccc1. The first kappa shape index (κ1) is 17.6. The van der Waals surface area contributed by atoms with Crippen LogP contribution in [0.2, 0.25) is 5.02 Å². The van der Waals surface area contributed by atoms with Gasteiger partial charge < -0.3 is 10.6 Å². The number of halogens is 2. The van der Waals surface area contributed by atoms with Crippen LogP contribution in [0.4, 0.5) is 15.8 Å². The number of benzene rings is 3. The fourth-order valence-electron chi connectivity index (χ4n) is 2.29. The van der Waals surface area contributed by atoms with Crippen molar-refractivity contribution in [2.75, 3.05) is 10.6 Å². The van der Waals surface area contributed by atoms with Gasteiger partial charge in [-0.15, -0.1) is 0 Å². The highest BCUT2D eigenvalue weighted by Crippen LogP contribution is 2.20. The monoisotopic (exact) mass is 368 g/mol.